The zero-order valence-corrected chi connectivity index (χ0v) is 23.6. The number of alkyl halides is 2. The molecule has 2 aromatic heterocycles. The summed E-state index contributed by atoms with van der Waals surface area (Å²) in [6, 6.07) is 25.4. The van der Waals surface area contributed by atoms with Gasteiger partial charge in [0.1, 0.15) is 5.82 Å². The number of para-hydroxylation sites is 2. The second kappa shape index (κ2) is 12.6. The molecule has 2 N–H and O–H groups in total. The number of aromatic nitrogens is 4. The SMILES string of the molecule is CN[C@H](Cc1ccccc1)C(=O)Nc1ccc(-c2cc(-n3c(C(F)F)nc4ccccc43)nc(N3CCOCC3)n2)cc1. The number of anilines is 2. The third kappa shape index (κ3) is 6.23. The Bertz CT molecular complexity index is 1700. The maximum Gasteiger partial charge on any atom is 0.296 e. The topological polar surface area (TPSA) is 97.2 Å². The van der Waals surface area contributed by atoms with Crippen LogP contribution >= 0.6 is 0 Å². The van der Waals surface area contributed by atoms with Crippen LogP contribution < -0.4 is 15.5 Å². The van der Waals surface area contributed by atoms with Crippen molar-refractivity contribution in [2.75, 3.05) is 43.6 Å². The number of carbonyl (C=O) groups is 1. The summed E-state index contributed by atoms with van der Waals surface area (Å²) in [5.74, 6) is 0.186. The van der Waals surface area contributed by atoms with Gasteiger partial charge in [0.15, 0.2) is 5.82 Å². The Morgan fingerprint density at radius 3 is 2.37 bits per heavy atom. The van der Waals surface area contributed by atoms with E-state index in [-0.39, 0.29) is 11.7 Å². The minimum absolute atomic E-state index is 0.149. The summed E-state index contributed by atoms with van der Waals surface area (Å²) in [6.45, 7) is 2.20. The molecule has 0 unspecified atom stereocenters. The molecule has 1 saturated heterocycles. The fraction of sp³-hybridized carbons (Fsp3) is 0.250. The van der Waals surface area contributed by atoms with Gasteiger partial charge in [-0.25, -0.2) is 18.7 Å². The fourth-order valence-corrected chi connectivity index (χ4v) is 5.15. The molecule has 1 aliphatic heterocycles. The summed E-state index contributed by atoms with van der Waals surface area (Å²) in [6.07, 6.45) is -2.25. The van der Waals surface area contributed by atoms with Gasteiger partial charge in [0.2, 0.25) is 11.9 Å². The molecule has 3 heterocycles. The van der Waals surface area contributed by atoms with Crippen molar-refractivity contribution >= 4 is 28.6 Å². The highest BCUT2D eigenvalue weighted by Gasteiger charge is 2.24. The zero-order valence-electron chi connectivity index (χ0n) is 23.6. The van der Waals surface area contributed by atoms with Crippen LogP contribution in [0.25, 0.3) is 28.1 Å². The van der Waals surface area contributed by atoms with Crippen molar-refractivity contribution in [2.24, 2.45) is 0 Å². The molecule has 0 bridgehead atoms. The van der Waals surface area contributed by atoms with Crippen LogP contribution in [-0.2, 0) is 16.0 Å². The van der Waals surface area contributed by atoms with Gasteiger partial charge in [-0.15, -0.1) is 0 Å². The van der Waals surface area contributed by atoms with Crippen molar-refractivity contribution in [3.63, 3.8) is 0 Å². The Morgan fingerprint density at radius 2 is 1.65 bits per heavy atom. The van der Waals surface area contributed by atoms with E-state index in [9.17, 15) is 13.6 Å². The van der Waals surface area contributed by atoms with Crippen LogP contribution in [-0.4, -0.2) is 64.8 Å². The smallest absolute Gasteiger partial charge is 0.296 e. The van der Waals surface area contributed by atoms with Gasteiger partial charge in [-0.1, -0.05) is 54.6 Å². The van der Waals surface area contributed by atoms with Crippen LogP contribution in [0.1, 0.15) is 17.8 Å². The number of hydrogen-bond donors (Lipinski definition) is 2. The van der Waals surface area contributed by atoms with Crippen molar-refractivity contribution in [3.05, 3.63) is 96.3 Å². The molecule has 11 heteroatoms. The molecule has 0 saturated carbocycles. The van der Waals surface area contributed by atoms with Crippen molar-refractivity contribution in [2.45, 2.75) is 18.9 Å². The molecule has 1 atom stereocenters. The number of imidazole rings is 1. The number of fused-ring (bicyclic) bond motifs is 1. The number of halogens is 2. The lowest BCUT2D eigenvalue weighted by Crippen LogP contribution is -2.40. The molecule has 5 aromatic rings. The molecule has 220 valence electrons. The number of rotatable bonds is 9. The van der Waals surface area contributed by atoms with Crippen LogP contribution in [0, 0.1) is 0 Å². The average Bonchev–Trinajstić information content (AvgIpc) is 3.45. The third-order valence-corrected chi connectivity index (χ3v) is 7.40. The molecule has 9 nitrogen and oxygen atoms in total. The number of amides is 1. The van der Waals surface area contributed by atoms with Crippen LogP contribution in [0.5, 0.6) is 0 Å². The second-order valence-electron chi connectivity index (χ2n) is 10.2. The predicted molar refractivity (Wildman–Crippen MR) is 162 cm³/mol. The number of morpholine rings is 1. The molecule has 0 aliphatic carbocycles. The van der Waals surface area contributed by atoms with Gasteiger partial charge in [-0.2, -0.15) is 4.98 Å². The number of ether oxygens (including phenoxy) is 1. The predicted octanol–water partition coefficient (Wildman–Crippen LogP) is 5.03. The zero-order chi connectivity index (χ0) is 29.8. The fourth-order valence-electron chi connectivity index (χ4n) is 5.15. The first-order valence-electron chi connectivity index (χ1n) is 14.1. The molecule has 1 aliphatic rings. The Hall–Kier alpha value is -4.74. The van der Waals surface area contributed by atoms with Gasteiger partial charge in [0.05, 0.1) is 36.0 Å². The summed E-state index contributed by atoms with van der Waals surface area (Å²) in [4.78, 5) is 28.7. The Kier molecular flexibility index (Phi) is 8.34. The number of carbonyl (C=O) groups excluding carboxylic acids is 1. The summed E-state index contributed by atoms with van der Waals surface area (Å²) < 4.78 is 35.3. The van der Waals surface area contributed by atoms with Crippen molar-refractivity contribution < 1.29 is 18.3 Å². The summed E-state index contributed by atoms with van der Waals surface area (Å²) >= 11 is 0. The standard InChI is InChI=1S/C32H31F2N7O2/c1-35-26(19-21-7-3-2-4-8-21)31(42)36-23-13-11-22(12-14-23)25-20-28(39-32(38-25)40-15-17-43-18-16-40)41-27-10-6-5-9-24(27)37-30(41)29(33)34/h2-14,20,26,29,35H,15-19H2,1H3,(H,36,42)/t26-/m1/s1. The van der Waals surface area contributed by atoms with E-state index in [0.29, 0.717) is 66.9 Å². The van der Waals surface area contributed by atoms with Gasteiger partial charge >= 0.3 is 0 Å². The molecule has 0 radical (unpaired) electrons. The molecule has 0 spiro atoms. The van der Waals surface area contributed by atoms with Gasteiger partial charge in [-0.05, 0) is 43.3 Å². The van der Waals surface area contributed by atoms with Crippen molar-refractivity contribution in [1.82, 2.24) is 24.8 Å². The van der Waals surface area contributed by atoms with E-state index in [0.717, 1.165) is 11.1 Å². The number of hydrogen-bond acceptors (Lipinski definition) is 7. The third-order valence-electron chi connectivity index (χ3n) is 7.40. The first-order chi connectivity index (χ1) is 21.0. The van der Waals surface area contributed by atoms with Crippen molar-refractivity contribution in [1.29, 1.82) is 0 Å². The van der Waals surface area contributed by atoms with E-state index in [4.69, 9.17) is 14.7 Å². The molecule has 3 aromatic carbocycles. The average molecular weight is 584 g/mol. The monoisotopic (exact) mass is 583 g/mol. The Labute approximate surface area is 247 Å². The lowest BCUT2D eigenvalue weighted by molar-refractivity contribution is -0.118. The Morgan fingerprint density at radius 1 is 0.930 bits per heavy atom. The van der Waals surface area contributed by atoms with E-state index in [1.54, 1.807) is 49.5 Å². The van der Waals surface area contributed by atoms with Gasteiger partial charge in [0, 0.05) is 30.4 Å². The first kappa shape index (κ1) is 28.4. The minimum Gasteiger partial charge on any atom is -0.378 e. The number of likely N-dealkylation sites (N-methyl/N-ethyl adjacent to an activating group) is 1. The van der Waals surface area contributed by atoms with Gasteiger partial charge in [0.25, 0.3) is 6.43 Å². The van der Waals surface area contributed by atoms with Gasteiger partial charge in [-0.3, -0.25) is 9.36 Å². The van der Waals surface area contributed by atoms with Crippen molar-refractivity contribution in [3.8, 4) is 17.1 Å². The van der Waals surface area contributed by atoms with Gasteiger partial charge < -0.3 is 20.3 Å². The molecule has 6 rings (SSSR count). The van der Waals surface area contributed by atoms with E-state index in [1.807, 2.05) is 47.4 Å². The second-order valence-corrected chi connectivity index (χ2v) is 10.2. The molecular weight excluding hydrogens is 552 g/mol. The van der Waals surface area contributed by atoms with E-state index in [2.05, 4.69) is 15.6 Å². The van der Waals surface area contributed by atoms with Crippen LogP contribution in [0.4, 0.5) is 20.4 Å². The van der Waals surface area contributed by atoms with E-state index in [1.165, 1.54) is 4.57 Å². The van der Waals surface area contributed by atoms with Crippen LogP contribution in [0.3, 0.4) is 0 Å². The highest BCUT2D eigenvalue weighted by molar-refractivity contribution is 5.95. The summed E-state index contributed by atoms with van der Waals surface area (Å²) in [5, 5.41) is 6.06. The number of nitrogens with zero attached hydrogens (tertiary/aromatic N) is 5. The van der Waals surface area contributed by atoms with Crippen LogP contribution in [0.2, 0.25) is 0 Å². The van der Waals surface area contributed by atoms with E-state index >= 15 is 0 Å². The highest BCUT2D eigenvalue weighted by Crippen LogP contribution is 2.30. The summed E-state index contributed by atoms with van der Waals surface area (Å²) in [5.41, 5.74) is 3.98. The lowest BCUT2D eigenvalue weighted by Gasteiger charge is -2.27. The van der Waals surface area contributed by atoms with Crippen LogP contribution in [0.15, 0.2) is 84.9 Å². The first-order valence-corrected chi connectivity index (χ1v) is 14.1. The summed E-state index contributed by atoms with van der Waals surface area (Å²) in [7, 11) is 1.76. The largest absolute Gasteiger partial charge is 0.378 e. The quantitative estimate of drug-likeness (QED) is 0.251. The normalized spacial score (nSPS) is 14.3. The maximum atomic E-state index is 14.2. The molecule has 1 amide bonds. The Balaban J connectivity index is 1.32. The number of benzene rings is 3. The highest BCUT2D eigenvalue weighted by atomic mass is 19.3. The van der Waals surface area contributed by atoms with E-state index < -0.39 is 12.5 Å². The molecular formula is C32H31F2N7O2. The lowest BCUT2D eigenvalue weighted by atomic mass is 10.1. The maximum absolute atomic E-state index is 14.2. The molecule has 43 heavy (non-hydrogen) atoms. The number of nitrogens with one attached hydrogen (secondary N) is 2. The molecule has 1 fully saturated rings. The minimum atomic E-state index is -2.80.